The molecular weight excluding hydrogens is 379 g/mol. The minimum atomic E-state index is -4.56. The van der Waals surface area contributed by atoms with Gasteiger partial charge in [-0.05, 0) is 36.8 Å². The number of nitrogens with zero attached hydrogens (tertiary/aromatic N) is 1. The number of alkyl halides is 4. The number of hydrogen-bond donors (Lipinski definition) is 1. The highest BCUT2D eigenvalue weighted by molar-refractivity contribution is 9.09. The number of aromatic nitrogens is 1. The zero-order valence-electron chi connectivity index (χ0n) is 11.6. The third-order valence-corrected chi connectivity index (χ3v) is 3.57. The van der Waals surface area contributed by atoms with E-state index in [9.17, 15) is 22.8 Å². The van der Waals surface area contributed by atoms with E-state index in [1.165, 1.54) is 18.2 Å². The molecule has 1 aromatic carbocycles. The van der Waals surface area contributed by atoms with E-state index in [0.717, 1.165) is 22.8 Å². The summed E-state index contributed by atoms with van der Waals surface area (Å²) >= 11 is 3.20. The quantitative estimate of drug-likeness (QED) is 0.814. The molecule has 0 aliphatic heterocycles. The van der Waals surface area contributed by atoms with Crippen molar-refractivity contribution < 1.29 is 23.1 Å². The Bertz CT molecular complexity index is 799. The molecule has 0 aliphatic carbocycles. The zero-order chi connectivity index (χ0) is 17.2. The summed E-state index contributed by atoms with van der Waals surface area (Å²) in [6, 6.07) is 6.81. The van der Waals surface area contributed by atoms with Gasteiger partial charge in [0, 0.05) is 16.7 Å². The number of aryl methyl sites for hydroxylation is 1. The largest absolute Gasteiger partial charge is 0.477 e. The van der Waals surface area contributed by atoms with Crippen LogP contribution in [0, 0.1) is 0 Å². The van der Waals surface area contributed by atoms with Crippen LogP contribution >= 0.6 is 15.9 Å². The predicted octanol–water partition coefficient (Wildman–Crippen LogP) is 3.49. The van der Waals surface area contributed by atoms with Crippen LogP contribution in [-0.2, 0) is 12.6 Å². The van der Waals surface area contributed by atoms with Crippen molar-refractivity contribution >= 4 is 21.9 Å². The number of rotatable bonds is 4. The van der Waals surface area contributed by atoms with Crippen LogP contribution < -0.4 is 5.56 Å². The van der Waals surface area contributed by atoms with Crippen molar-refractivity contribution in [3.05, 3.63) is 63.6 Å². The highest BCUT2D eigenvalue weighted by Crippen LogP contribution is 2.30. The van der Waals surface area contributed by atoms with E-state index in [0.29, 0.717) is 17.4 Å². The second-order valence-electron chi connectivity index (χ2n) is 4.67. The maximum Gasteiger partial charge on any atom is 0.416 e. The fraction of sp³-hybridized carbons (Fsp3) is 0.200. The lowest BCUT2D eigenvalue weighted by atomic mass is 10.1. The lowest BCUT2D eigenvalue weighted by molar-refractivity contribution is -0.137. The Kier molecular flexibility index (Phi) is 4.93. The molecule has 0 saturated carbocycles. The Hall–Kier alpha value is -2.09. The molecule has 0 radical (unpaired) electrons. The Morgan fingerprint density at radius 2 is 1.91 bits per heavy atom. The molecule has 122 valence electrons. The summed E-state index contributed by atoms with van der Waals surface area (Å²) < 4.78 is 39.6. The zero-order valence-corrected chi connectivity index (χ0v) is 13.2. The average Bonchev–Trinajstić information content (AvgIpc) is 2.46. The maximum absolute atomic E-state index is 12.9. The van der Waals surface area contributed by atoms with Gasteiger partial charge in [0.1, 0.15) is 5.56 Å². The van der Waals surface area contributed by atoms with Crippen molar-refractivity contribution in [1.29, 1.82) is 0 Å². The average molecular weight is 390 g/mol. The van der Waals surface area contributed by atoms with E-state index in [4.69, 9.17) is 5.11 Å². The molecule has 0 saturated heterocycles. The molecule has 0 atom stereocenters. The van der Waals surface area contributed by atoms with Crippen LogP contribution in [0.1, 0.15) is 21.6 Å². The van der Waals surface area contributed by atoms with Crippen LogP contribution in [0.2, 0.25) is 0 Å². The molecule has 8 heteroatoms. The van der Waals surface area contributed by atoms with Gasteiger partial charge in [0.2, 0.25) is 0 Å². The monoisotopic (exact) mass is 389 g/mol. The molecule has 0 bridgehead atoms. The minimum absolute atomic E-state index is 0.0242. The lowest BCUT2D eigenvalue weighted by Crippen LogP contribution is -2.28. The van der Waals surface area contributed by atoms with Crippen molar-refractivity contribution in [2.75, 3.05) is 5.33 Å². The van der Waals surface area contributed by atoms with E-state index >= 15 is 0 Å². The fourth-order valence-corrected chi connectivity index (χ4v) is 2.54. The number of hydrogen-bond acceptors (Lipinski definition) is 2. The summed E-state index contributed by atoms with van der Waals surface area (Å²) in [7, 11) is 0. The third-order valence-electron chi connectivity index (χ3n) is 3.18. The number of carboxylic acid groups (broad SMARTS) is 1. The molecule has 1 N–H and O–H groups in total. The van der Waals surface area contributed by atoms with E-state index in [-0.39, 0.29) is 5.69 Å². The SMILES string of the molecule is O=C(O)c1ccc(CCBr)n(-c2cccc(C(F)(F)F)c2)c1=O. The number of halogens is 4. The molecule has 2 rings (SSSR count). The van der Waals surface area contributed by atoms with E-state index in [1.807, 2.05) is 0 Å². The van der Waals surface area contributed by atoms with E-state index in [1.54, 1.807) is 0 Å². The Morgan fingerprint density at radius 3 is 2.48 bits per heavy atom. The standard InChI is InChI=1S/C15H11BrF3NO3/c16-7-6-10-4-5-12(14(22)23)13(21)20(10)11-3-1-2-9(8-11)15(17,18)19/h1-5,8H,6-7H2,(H,22,23). The molecule has 1 heterocycles. The topological polar surface area (TPSA) is 59.3 Å². The minimum Gasteiger partial charge on any atom is -0.477 e. The molecule has 1 aromatic heterocycles. The summed E-state index contributed by atoms with van der Waals surface area (Å²) in [5.74, 6) is -1.43. The first kappa shape index (κ1) is 17.3. The van der Waals surface area contributed by atoms with Gasteiger partial charge in [-0.3, -0.25) is 9.36 Å². The highest BCUT2D eigenvalue weighted by atomic mass is 79.9. The summed E-state index contributed by atoms with van der Waals surface area (Å²) in [6.45, 7) is 0. The first-order chi connectivity index (χ1) is 10.8. The van der Waals surface area contributed by atoms with E-state index in [2.05, 4.69) is 15.9 Å². The first-order valence-electron chi connectivity index (χ1n) is 6.47. The van der Waals surface area contributed by atoms with Crippen LogP contribution in [0.4, 0.5) is 13.2 Å². The van der Waals surface area contributed by atoms with Crippen molar-refractivity contribution in [3.8, 4) is 5.69 Å². The normalized spacial score (nSPS) is 11.5. The molecule has 0 fully saturated rings. The van der Waals surface area contributed by atoms with Gasteiger partial charge in [-0.15, -0.1) is 0 Å². The van der Waals surface area contributed by atoms with Crippen LogP contribution in [-0.4, -0.2) is 21.0 Å². The summed E-state index contributed by atoms with van der Waals surface area (Å²) in [5.41, 5.74) is -1.89. The van der Waals surface area contributed by atoms with Crippen LogP contribution in [0.25, 0.3) is 5.69 Å². The third kappa shape index (κ3) is 3.64. The fourth-order valence-electron chi connectivity index (χ4n) is 2.14. The first-order valence-corrected chi connectivity index (χ1v) is 7.59. The number of carboxylic acids is 1. The van der Waals surface area contributed by atoms with Gasteiger partial charge >= 0.3 is 12.1 Å². The van der Waals surface area contributed by atoms with E-state index < -0.39 is 28.8 Å². The second-order valence-corrected chi connectivity index (χ2v) is 5.46. The number of carbonyl (C=O) groups is 1. The maximum atomic E-state index is 12.9. The molecule has 0 amide bonds. The molecular formula is C15H11BrF3NO3. The van der Waals surface area contributed by atoms with Gasteiger partial charge < -0.3 is 5.11 Å². The summed E-state index contributed by atoms with van der Waals surface area (Å²) in [6.07, 6.45) is -4.20. The molecule has 0 spiro atoms. The van der Waals surface area contributed by atoms with Gasteiger partial charge in [-0.25, -0.2) is 4.79 Å². The second kappa shape index (κ2) is 6.57. The summed E-state index contributed by atoms with van der Waals surface area (Å²) in [5, 5.41) is 9.51. The summed E-state index contributed by atoms with van der Waals surface area (Å²) in [4.78, 5) is 23.5. The Morgan fingerprint density at radius 1 is 1.22 bits per heavy atom. The van der Waals surface area contributed by atoms with Crippen LogP contribution in [0.15, 0.2) is 41.2 Å². The van der Waals surface area contributed by atoms with Gasteiger partial charge in [-0.2, -0.15) is 13.2 Å². The smallest absolute Gasteiger partial charge is 0.416 e. The highest BCUT2D eigenvalue weighted by Gasteiger charge is 2.30. The van der Waals surface area contributed by atoms with Crippen molar-refractivity contribution in [2.24, 2.45) is 0 Å². The van der Waals surface area contributed by atoms with Crippen molar-refractivity contribution in [3.63, 3.8) is 0 Å². The molecule has 0 unspecified atom stereocenters. The van der Waals surface area contributed by atoms with Gasteiger partial charge in [0.05, 0.1) is 5.56 Å². The van der Waals surface area contributed by atoms with Gasteiger partial charge in [0.15, 0.2) is 0 Å². The molecule has 23 heavy (non-hydrogen) atoms. The van der Waals surface area contributed by atoms with Crippen LogP contribution in [0.3, 0.4) is 0 Å². The Labute approximate surface area is 137 Å². The van der Waals surface area contributed by atoms with Crippen molar-refractivity contribution in [2.45, 2.75) is 12.6 Å². The number of benzene rings is 1. The predicted molar refractivity (Wildman–Crippen MR) is 81.5 cm³/mol. The van der Waals surface area contributed by atoms with Crippen LogP contribution in [0.5, 0.6) is 0 Å². The molecule has 0 aliphatic rings. The Balaban J connectivity index is 2.73. The van der Waals surface area contributed by atoms with Crippen molar-refractivity contribution in [1.82, 2.24) is 4.57 Å². The molecule has 4 nitrogen and oxygen atoms in total. The lowest BCUT2D eigenvalue weighted by Gasteiger charge is -2.15. The molecule has 2 aromatic rings. The number of pyridine rings is 1. The number of aromatic carboxylic acids is 1. The van der Waals surface area contributed by atoms with Gasteiger partial charge in [-0.1, -0.05) is 22.0 Å². The van der Waals surface area contributed by atoms with Gasteiger partial charge in [0.25, 0.3) is 5.56 Å².